The standard InChI is InChI=1S/C18H35NO/c1-14(2)15-6-5-7-16(12-15)19-13-18(20)10-8-17(3,4)9-11-18/h14-16,19-20H,5-13H2,1-4H3. The molecule has 2 aliphatic carbocycles. The summed E-state index contributed by atoms with van der Waals surface area (Å²) >= 11 is 0. The molecule has 2 N–H and O–H groups in total. The van der Waals surface area contributed by atoms with Gasteiger partial charge in [0.2, 0.25) is 0 Å². The van der Waals surface area contributed by atoms with Crippen LogP contribution < -0.4 is 5.32 Å². The summed E-state index contributed by atoms with van der Waals surface area (Å²) in [6, 6.07) is 0.634. The Balaban J connectivity index is 1.77. The van der Waals surface area contributed by atoms with Gasteiger partial charge in [0.1, 0.15) is 0 Å². The van der Waals surface area contributed by atoms with Gasteiger partial charge < -0.3 is 10.4 Å². The molecule has 2 rings (SSSR count). The molecule has 0 aliphatic heterocycles. The second-order valence-corrected chi connectivity index (χ2v) is 8.64. The quantitative estimate of drug-likeness (QED) is 0.812. The zero-order valence-electron chi connectivity index (χ0n) is 14.0. The minimum Gasteiger partial charge on any atom is -0.389 e. The highest BCUT2D eigenvalue weighted by Gasteiger charge is 2.37. The Labute approximate surface area is 125 Å². The predicted octanol–water partition coefficient (Wildman–Crippen LogP) is 4.12. The summed E-state index contributed by atoms with van der Waals surface area (Å²) in [6.07, 6.45) is 9.60. The van der Waals surface area contributed by atoms with Gasteiger partial charge >= 0.3 is 0 Å². The maximum Gasteiger partial charge on any atom is 0.0772 e. The van der Waals surface area contributed by atoms with Gasteiger partial charge in [0.05, 0.1) is 5.60 Å². The third-order valence-electron chi connectivity index (χ3n) is 5.91. The Morgan fingerprint density at radius 1 is 1.10 bits per heavy atom. The van der Waals surface area contributed by atoms with Crippen molar-refractivity contribution in [3.63, 3.8) is 0 Å². The van der Waals surface area contributed by atoms with Crippen LogP contribution >= 0.6 is 0 Å². The van der Waals surface area contributed by atoms with E-state index in [9.17, 15) is 5.11 Å². The summed E-state index contributed by atoms with van der Waals surface area (Å²) in [6.45, 7) is 10.2. The minimum atomic E-state index is -0.444. The van der Waals surface area contributed by atoms with E-state index in [0.29, 0.717) is 11.5 Å². The molecule has 2 unspecified atom stereocenters. The summed E-state index contributed by atoms with van der Waals surface area (Å²) in [5, 5.41) is 14.4. The molecule has 0 heterocycles. The largest absolute Gasteiger partial charge is 0.389 e. The van der Waals surface area contributed by atoms with Gasteiger partial charge in [-0.25, -0.2) is 0 Å². The molecule has 20 heavy (non-hydrogen) atoms. The molecule has 2 saturated carbocycles. The van der Waals surface area contributed by atoms with Crippen molar-refractivity contribution in [2.75, 3.05) is 6.54 Å². The summed E-state index contributed by atoms with van der Waals surface area (Å²) < 4.78 is 0. The van der Waals surface area contributed by atoms with E-state index < -0.39 is 5.60 Å². The molecule has 0 aromatic heterocycles. The van der Waals surface area contributed by atoms with E-state index in [0.717, 1.165) is 44.1 Å². The van der Waals surface area contributed by atoms with Crippen LogP contribution in [0.5, 0.6) is 0 Å². The van der Waals surface area contributed by atoms with Crippen LogP contribution in [-0.4, -0.2) is 23.3 Å². The van der Waals surface area contributed by atoms with Crippen molar-refractivity contribution < 1.29 is 5.11 Å². The Hall–Kier alpha value is -0.0800. The molecule has 0 aromatic rings. The topological polar surface area (TPSA) is 32.3 Å². The first-order valence-corrected chi connectivity index (χ1v) is 8.75. The maximum atomic E-state index is 10.7. The van der Waals surface area contributed by atoms with E-state index >= 15 is 0 Å². The molecule has 0 bridgehead atoms. The van der Waals surface area contributed by atoms with Crippen LogP contribution in [0.3, 0.4) is 0 Å². The van der Waals surface area contributed by atoms with Crippen molar-refractivity contribution in [3.05, 3.63) is 0 Å². The summed E-state index contributed by atoms with van der Waals surface area (Å²) in [7, 11) is 0. The first-order chi connectivity index (χ1) is 9.30. The van der Waals surface area contributed by atoms with Crippen molar-refractivity contribution in [3.8, 4) is 0 Å². The van der Waals surface area contributed by atoms with Crippen molar-refractivity contribution in [1.82, 2.24) is 5.32 Å². The predicted molar refractivity (Wildman–Crippen MR) is 85.8 cm³/mol. The maximum absolute atomic E-state index is 10.7. The lowest BCUT2D eigenvalue weighted by Gasteiger charge is -2.41. The fraction of sp³-hybridized carbons (Fsp3) is 1.00. The van der Waals surface area contributed by atoms with E-state index in [2.05, 4.69) is 33.0 Å². The Morgan fingerprint density at radius 2 is 1.75 bits per heavy atom. The molecular weight excluding hydrogens is 246 g/mol. The third kappa shape index (κ3) is 4.46. The van der Waals surface area contributed by atoms with Crippen LogP contribution in [0.4, 0.5) is 0 Å². The molecule has 2 atom stereocenters. The Kier molecular flexibility index (Phi) is 5.18. The van der Waals surface area contributed by atoms with Crippen molar-refractivity contribution in [2.24, 2.45) is 17.3 Å². The zero-order chi connectivity index (χ0) is 14.8. The van der Waals surface area contributed by atoms with Crippen LogP contribution in [0, 0.1) is 17.3 Å². The molecule has 0 saturated heterocycles. The van der Waals surface area contributed by atoms with Gasteiger partial charge in [-0.3, -0.25) is 0 Å². The molecule has 0 aromatic carbocycles. The number of nitrogens with one attached hydrogen (secondary N) is 1. The second-order valence-electron chi connectivity index (χ2n) is 8.64. The molecule has 0 spiro atoms. The normalized spacial score (nSPS) is 33.3. The summed E-state index contributed by atoms with van der Waals surface area (Å²) in [4.78, 5) is 0. The van der Waals surface area contributed by atoms with E-state index in [-0.39, 0.29) is 0 Å². The highest BCUT2D eigenvalue weighted by Crippen LogP contribution is 2.40. The minimum absolute atomic E-state index is 0.430. The fourth-order valence-electron chi connectivity index (χ4n) is 3.92. The first-order valence-electron chi connectivity index (χ1n) is 8.75. The SMILES string of the molecule is CC(C)C1CCCC(NCC2(O)CCC(C)(C)CC2)C1. The zero-order valence-corrected chi connectivity index (χ0v) is 14.0. The third-order valence-corrected chi connectivity index (χ3v) is 5.91. The fourth-order valence-corrected chi connectivity index (χ4v) is 3.92. The smallest absolute Gasteiger partial charge is 0.0772 e. The lowest BCUT2D eigenvalue weighted by atomic mass is 9.71. The Morgan fingerprint density at radius 3 is 2.35 bits per heavy atom. The van der Waals surface area contributed by atoms with Gasteiger partial charge in [-0.1, -0.05) is 40.5 Å². The molecule has 2 nitrogen and oxygen atoms in total. The average molecular weight is 281 g/mol. The van der Waals surface area contributed by atoms with Crippen molar-refractivity contribution >= 4 is 0 Å². The summed E-state index contributed by atoms with van der Waals surface area (Å²) in [5.74, 6) is 1.68. The number of hydrogen-bond donors (Lipinski definition) is 2. The lowest BCUT2D eigenvalue weighted by molar-refractivity contribution is -0.0274. The molecule has 2 heteroatoms. The summed E-state index contributed by atoms with van der Waals surface area (Å²) in [5.41, 5.74) is -0.0138. The van der Waals surface area contributed by atoms with Crippen molar-refractivity contribution in [1.29, 1.82) is 0 Å². The molecule has 0 radical (unpaired) electrons. The highest BCUT2D eigenvalue weighted by molar-refractivity contribution is 4.92. The van der Waals surface area contributed by atoms with Crippen LogP contribution in [0.1, 0.15) is 79.1 Å². The average Bonchev–Trinajstić information content (AvgIpc) is 2.41. The molecule has 118 valence electrons. The van der Waals surface area contributed by atoms with E-state index in [1.807, 2.05) is 0 Å². The number of aliphatic hydroxyl groups is 1. The number of hydrogen-bond acceptors (Lipinski definition) is 2. The highest BCUT2D eigenvalue weighted by atomic mass is 16.3. The Bertz CT molecular complexity index is 301. The molecule has 2 aliphatic rings. The molecule has 0 amide bonds. The monoisotopic (exact) mass is 281 g/mol. The molecule has 2 fully saturated rings. The van der Waals surface area contributed by atoms with Gasteiger partial charge in [0.15, 0.2) is 0 Å². The van der Waals surface area contributed by atoms with E-state index in [4.69, 9.17) is 0 Å². The lowest BCUT2D eigenvalue weighted by Crippen LogP contribution is -2.48. The van der Waals surface area contributed by atoms with Gasteiger partial charge in [0.25, 0.3) is 0 Å². The van der Waals surface area contributed by atoms with Crippen LogP contribution in [0.15, 0.2) is 0 Å². The van der Waals surface area contributed by atoms with Gasteiger partial charge in [-0.15, -0.1) is 0 Å². The van der Waals surface area contributed by atoms with Crippen LogP contribution in [-0.2, 0) is 0 Å². The van der Waals surface area contributed by atoms with E-state index in [1.165, 1.54) is 25.7 Å². The van der Waals surface area contributed by atoms with Crippen molar-refractivity contribution in [2.45, 2.75) is 90.7 Å². The van der Waals surface area contributed by atoms with Gasteiger partial charge in [-0.05, 0) is 55.8 Å². The van der Waals surface area contributed by atoms with Crippen LogP contribution in [0.25, 0.3) is 0 Å². The van der Waals surface area contributed by atoms with Gasteiger partial charge in [0, 0.05) is 12.6 Å². The van der Waals surface area contributed by atoms with E-state index in [1.54, 1.807) is 0 Å². The van der Waals surface area contributed by atoms with Gasteiger partial charge in [-0.2, -0.15) is 0 Å². The first kappa shape index (κ1) is 16.3. The van der Waals surface area contributed by atoms with Crippen LogP contribution in [0.2, 0.25) is 0 Å². The number of rotatable bonds is 4. The molecular formula is C18H35NO. The second kappa shape index (κ2) is 6.36.